The molecule has 0 saturated carbocycles. The first-order chi connectivity index (χ1) is 10.6. The number of rotatable bonds is 6. The van der Waals surface area contributed by atoms with E-state index in [0.717, 1.165) is 11.3 Å². The van der Waals surface area contributed by atoms with Gasteiger partial charge in [0.05, 0.1) is 0 Å². The Balaban J connectivity index is 2.01. The third kappa shape index (κ3) is 4.21. The lowest BCUT2D eigenvalue weighted by Crippen LogP contribution is -2.09. The van der Waals surface area contributed by atoms with E-state index < -0.39 is 11.8 Å². The van der Waals surface area contributed by atoms with Crippen LogP contribution in [0.5, 0.6) is 0 Å². The lowest BCUT2D eigenvalue weighted by atomic mass is 10.1. The van der Waals surface area contributed by atoms with Crippen LogP contribution in [0.15, 0.2) is 60.7 Å². The summed E-state index contributed by atoms with van der Waals surface area (Å²) in [6.45, 7) is 0.666. The highest BCUT2D eigenvalue weighted by atomic mass is 16.4. The van der Waals surface area contributed by atoms with Gasteiger partial charge in [0.1, 0.15) is 5.76 Å². The van der Waals surface area contributed by atoms with Crippen molar-refractivity contribution in [1.82, 2.24) is 0 Å². The van der Waals surface area contributed by atoms with Crippen molar-refractivity contribution in [3.63, 3.8) is 0 Å². The highest BCUT2D eigenvalue weighted by Gasteiger charge is 2.10. The zero-order valence-electron chi connectivity index (χ0n) is 11.7. The molecule has 2 aromatic carbocycles. The largest absolute Gasteiger partial charge is 0.507 e. The average molecular weight is 297 g/mol. The number of hydrogen-bond donors (Lipinski definition) is 3. The van der Waals surface area contributed by atoms with Crippen molar-refractivity contribution >= 4 is 23.2 Å². The molecule has 0 aliphatic rings. The van der Waals surface area contributed by atoms with E-state index in [1.165, 1.54) is 0 Å². The normalized spacial score (nSPS) is 11.0. The standard InChI is InChI=1S/C17H15NO4/c19-15(10-16(20)17(21)22)13-6-8-14(9-7-13)18-11-12-4-2-1-3-5-12/h1-10,18-19H,11H2,(H,21,22). The predicted molar refractivity (Wildman–Crippen MR) is 83.5 cm³/mol. The summed E-state index contributed by atoms with van der Waals surface area (Å²) in [5, 5.41) is 21.4. The second-order valence-electron chi connectivity index (χ2n) is 4.62. The van der Waals surface area contributed by atoms with Gasteiger partial charge >= 0.3 is 5.97 Å². The third-order valence-corrected chi connectivity index (χ3v) is 3.00. The Hall–Kier alpha value is -3.08. The third-order valence-electron chi connectivity index (χ3n) is 3.00. The Morgan fingerprint density at radius 2 is 1.59 bits per heavy atom. The molecule has 0 amide bonds. The molecule has 0 heterocycles. The number of aliphatic hydroxyl groups excluding tert-OH is 1. The van der Waals surface area contributed by atoms with Crippen LogP contribution >= 0.6 is 0 Å². The van der Waals surface area contributed by atoms with E-state index >= 15 is 0 Å². The molecule has 0 atom stereocenters. The number of hydrogen-bond acceptors (Lipinski definition) is 4. The van der Waals surface area contributed by atoms with Gasteiger partial charge < -0.3 is 15.5 Å². The Labute approximate surface area is 127 Å². The minimum Gasteiger partial charge on any atom is -0.507 e. The molecule has 22 heavy (non-hydrogen) atoms. The van der Waals surface area contributed by atoms with E-state index in [1.54, 1.807) is 24.3 Å². The Kier molecular flexibility index (Phi) is 4.93. The topological polar surface area (TPSA) is 86.6 Å². The van der Waals surface area contributed by atoms with Gasteiger partial charge in [-0.15, -0.1) is 0 Å². The van der Waals surface area contributed by atoms with Crippen molar-refractivity contribution in [3.8, 4) is 0 Å². The van der Waals surface area contributed by atoms with Gasteiger partial charge in [-0.25, -0.2) is 4.79 Å². The van der Waals surface area contributed by atoms with Gasteiger partial charge in [0.25, 0.3) is 5.78 Å². The van der Waals surface area contributed by atoms with Gasteiger partial charge in [-0.2, -0.15) is 0 Å². The van der Waals surface area contributed by atoms with Gasteiger partial charge in [-0.1, -0.05) is 30.3 Å². The number of anilines is 1. The second-order valence-corrected chi connectivity index (χ2v) is 4.62. The van der Waals surface area contributed by atoms with Crippen LogP contribution in [-0.4, -0.2) is 22.0 Å². The fraction of sp³-hybridized carbons (Fsp3) is 0.0588. The van der Waals surface area contributed by atoms with Crippen molar-refractivity contribution in [3.05, 3.63) is 71.8 Å². The highest BCUT2D eigenvalue weighted by Crippen LogP contribution is 2.16. The molecule has 0 radical (unpaired) electrons. The number of nitrogens with one attached hydrogen (secondary N) is 1. The van der Waals surface area contributed by atoms with E-state index in [-0.39, 0.29) is 5.76 Å². The first-order valence-corrected chi connectivity index (χ1v) is 6.62. The molecule has 112 valence electrons. The summed E-state index contributed by atoms with van der Waals surface area (Å²) in [6, 6.07) is 16.6. The maximum atomic E-state index is 11.0. The molecule has 0 bridgehead atoms. The average Bonchev–Trinajstić information content (AvgIpc) is 2.54. The Morgan fingerprint density at radius 1 is 0.955 bits per heavy atom. The van der Waals surface area contributed by atoms with Gasteiger partial charge in [-0.3, -0.25) is 4.79 Å². The zero-order valence-corrected chi connectivity index (χ0v) is 11.7. The molecule has 0 aromatic heterocycles. The number of ketones is 1. The van der Waals surface area contributed by atoms with Gasteiger partial charge in [-0.05, 0) is 29.8 Å². The predicted octanol–water partition coefficient (Wildman–Crippen LogP) is 2.85. The fourth-order valence-electron chi connectivity index (χ4n) is 1.83. The maximum Gasteiger partial charge on any atom is 0.376 e. The Morgan fingerprint density at radius 3 is 2.18 bits per heavy atom. The number of carbonyl (C=O) groups excluding carboxylic acids is 1. The van der Waals surface area contributed by atoms with E-state index in [4.69, 9.17) is 5.11 Å². The molecule has 0 spiro atoms. The van der Waals surface area contributed by atoms with E-state index in [9.17, 15) is 14.7 Å². The van der Waals surface area contributed by atoms with Crippen LogP contribution in [-0.2, 0) is 16.1 Å². The van der Waals surface area contributed by atoms with Crippen molar-refractivity contribution in [2.24, 2.45) is 0 Å². The quantitative estimate of drug-likeness (QED) is 0.433. The molecule has 3 N–H and O–H groups in total. The van der Waals surface area contributed by atoms with Gasteiger partial charge in [0, 0.05) is 23.9 Å². The van der Waals surface area contributed by atoms with E-state index in [0.29, 0.717) is 18.2 Å². The van der Waals surface area contributed by atoms with Crippen LogP contribution in [0.25, 0.3) is 5.76 Å². The molecule has 2 aromatic rings. The van der Waals surface area contributed by atoms with E-state index in [2.05, 4.69) is 5.32 Å². The summed E-state index contributed by atoms with van der Waals surface area (Å²) in [6.07, 6.45) is 0.689. The minimum absolute atomic E-state index is 0.373. The van der Waals surface area contributed by atoms with Crippen LogP contribution in [0.2, 0.25) is 0 Å². The molecular formula is C17H15NO4. The van der Waals surface area contributed by atoms with Crippen molar-refractivity contribution in [2.75, 3.05) is 5.32 Å². The summed E-state index contributed by atoms with van der Waals surface area (Å²) >= 11 is 0. The summed E-state index contributed by atoms with van der Waals surface area (Å²) in [5.41, 5.74) is 2.37. The molecule has 0 aliphatic heterocycles. The molecule has 2 rings (SSSR count). The smallest absolute Gasteiger partial charge is 0.376 e. The van der Waals surface area contributed by atoms with Gasteiger partial charge in [0.2, 0.25) is 0 Å². The first kappa shape index (κ1) is 15.3. The first-order valence-electron chi connectivity index (χ1n) is 6.62. The van der Waals surface area contributed by atoms with Crippen LogP contribution in [0.3, 0.4) is 0 Å². The number of carbonyl (C=O) groups is 2. The monoisotopic (exact) mass is 297 g/mol. The maximum absolute atomic E-state index is 11.0. The number of aliphatic hydroxyl groups is 1. The Bertz CT molecular complexity index is 690. The summed E-state index contributed by atoms with van der Waals surface area (Å²) < 4.78 is 0. The molecule has 0 saturated heterocycles. The minimum atomic E-state index is -1.60. The number of aliphatic carboxylic acids is 1. The molecule has 0 aliphatic carbocycles. The van der Waals surface area contributed by atoms with Crippen LogP contribution in [0.1, 0.15) is 11.1 Å². The van der Waals surface area contributed by atoms with E-state index in [1.807, 2.05) is 30.3 Å². The number of carboxylic acid groups (broad SMARTS) is 1. The lowest BCUT2D eigenvalue weighted by Gasteiger charge is -2.07. The highest BCUT2D eigenvalue weighted by molar-refractivity contribution is 6.38. The fourth-order valence-corrected chi connectivity index (χ4v) is 1.83. The van der Waals surface area contributed by atoms with Gasteiger partial charge in [0.15, 0.2) is 0 Å². The van der Waals surface area contributed by atoms with Crippen LogP contribution in [0.4, 0.5) is 5.69 Å². The van der Waals surface area contributed by atoms with Crippen LogP contribution in [0, 0.1) is 0 Å². The SMILES string of the molecule is O=C(O)C(=O)C=C(O)c1ccc(NCc2ccccc2)cc1. The summed E-state index contributed by atoms with van der Waals surface area (Å²) in [7, 11) is 0. The summed E-state index contributed by atoms with van der Waals surface area (Å²) in [4.78, 5) is 21.4. The van der Waals surface area contributed by atoms with Crippen molar-refractivity contribution in [1.29, 1.82) is 0 Å². The van der Waals surface area contributed by atoms with Crippen molar-refractivity contribution in [2.45, 2.75) is 6.54 Å². The summed E-state index contributed by atoms with van der Waals surface area (Å²) in [5.74, 6) is -3.14. The second kappa shape index (κ2) is 7.08. The lowest BCUT2D eigenvalue weighted by molar-refractivity contribution is -0.146. The number of carboxylic acids is 1. The molecule has 5 heteroatoms. The molecule has 5 nitrogen and oxygen atoms in total. The molecular weight excluding hydrogens is 282 g/mol. The molecule has 0 fully saturated rings. The van der Waals surface area contributed by atoms with Crippen molar-refractivity contribution < 1.29 is 19.8 Å². The van der Waals surface area contributed by atoms with Crippen LogP contribution < -0.4 is 5.32 Å². The molecule has 0 unspecified atom stereocenters. The number of benzene rings is 2. The zero-order chi connectivity index (χ0) is 15.9.